The lowest BCUT2D eigenvalue weighted by Crippen LogP contribution is -2.32. The number of methoxy groups -OCH3 is 1. The van der Waals surface area contributed by atoms with Crippen molar-refractivity contribution in [2.45, 2.75) is 26.0 Å². The largest absolute Gasteiger partial charge is 0.497 e. The molecule has 0 fully saturated rings. The maximum absolute atomic E-state index is 9.66. The lowest BCUT2D eigenvalue weighted by molar-refractivity contribution is 0.0416. The highest BCUT2D eigenvalue weighted by Crippen LogP contribution is 2.18. The molecule has 0 aromatic heterocycles. The maximum Gasteiger partial charge on any atom is 0.119 e. The summed E-state index contributed by atoms with van der Waals surface area (Å²) in [4.78, 5) is 0. The molecule has 1 aromatic carbocycles. The zero-order valence-corrected chi connectivity index (χ0v) is 11.3. The Balaban J connectivity index is 2.41. The molecule has 1 aromatic rings. The van der Waals surface area contributed by atoms with Gasteiger partial charge in [-0.2, -0.15) is 0 Å². The van der Waals surface area contributed by atoms with E-state index in [-0.39, 0.29) is 6.04 Å². The van der Waals surface area contributed by atoms with Gasteiger partial charge in [-0.05, 0) is 31.5 Å². The normalized spacial score (nSPS) is 14.2. The number of hydrogen-bond acceptors (Lipinski definition) is 4. The van der Waals surface area contributed by atoms with Crippen molar-refractivity contribution in [3.8, 4) is 5.75 Å². The van der Waals surface area contributed by atoms with Crippen LogP contribution in [-0.2, 0) is 4.74 Å². The molecule has 0 bridgehead atoms. The molecular formula is C14H23NO3. The van der Waals surface area contributed by atoms with Crippen molar-refractivity contribution in [2.24, 2.45) is 0 Å². The van der Waals surface area contributed by atoms with Gasteiger partial charge in [-0.3, -0.25) is 0 Å². The summed E-state index contributed by atoms with van der Waals surface area (Å²) in [6, 6.07) is 8.07. The first-order valence-electron chi connectivity index (χ1n) is 6.30. The minimum absolute atomic E-state index is 0.163. The van der Waals surface area contributed by atoms with E-state index in [1.807, 2.05) is 31.2 Å². The van der Waals surface area contributed by atoms with Crippen molar-refractivity contribution in [3.63, 3.8) is 0 Å². The Bertz CT molecular complexity index is 344. The highest BCUT2D eigenvalue weighted by Gasteiger charge is 2.09. The molecule has 102 valence electrons. The molecule has 18 heavy (non-hydrogen) atoms. The summed E-state index contributed by atoms with van der Waals surface area (Å²) in [5, 5.41) is 12.9. The summed E-state index contributed by atoms with van der Waals surface area (Å²) >= 11 is 0. The summed E-state index contributed by atoms with van der Waals surface area (Å²) in [5.74, 6) is 0.844. The topological polar surface area (TPSA) is 50.7 Å². The average Bonchev–Trinajstić information content (AvgIpc) is 2.42. The van der Waals surface area contributed by atoms with Gasteiger partial charge in [-0.15, -0.1) is 0 Å². The summed E-state index contributed by atoms with van der Waals surface area (Å²) in [7, 11) is 1.66. The molecule has 0 saturated carbocycles. The van der Waals surface area contributed by atoms with Gasteiger partial charge in [-0.25, -0.2) is 0 Å². The molecule has 0 heterocycles. The van der Waals surface area contributed by atoms with Gasteiger partial charge >= 0.3 is 0 Å². The fraction of sp³-hybridized carbons (Fsp3) is 0.571. The van der Waals surface area contributed by atoms with Gasteiger partial charge in [-0.1, -0.05) is 12.1 Å². The van der Waals surface area contributed by atoms with E-state index in [4.69, 9.17) is 9.47 Å². The zero-order chi connectivity index (χ0) is 13.4. The van der Waals surface area contributed by atoms with E-state index in [9.17, 15) is 5.11 Å². The lowest BCUT2D eigenvalue weighted by atomic mass is 10.1. The third-order valence-electron chi connectivity index (χ3n) is 2.77. The van der Waals surface area contributed by atoms with E-state index in [2.05, 4.69) is 12.2 Å². The molecule has 4 nitrogen and oxygen atoms in total. The van der Waals surface area contributed by atoms with Crippen molar-refractivity contribution in [1.82, 2.24) is 5.32 Å². The second-order valence-electron chi connectivity index (χ2n) is 4.22. The van der Waals surface area contributed by atoms with Crippen LogP contribution in [0.4, 0.5) is 0 Å². The Labute approximate surface area is 109 Å². The molecule has 2 atom stereocenters. The van der Waals surface area contributed by atoms with Crippen LogP contribution >= 0.6 is 0 Å². The Morgan fingerprint density at radius 3 is 2.83 bits per heavy atom. The number of hydrogen-bond donors (Lipinski definition) is 2. The predicted octanol–water partition coefficient (Wildman–Crippen LogP) is 1.74. The molecule has 0 aliphatic heterocycles. The molecule has 4 heteroatoms. The van der Waals surface area contributed by atoms with E-state index in [1.165, 1.54) is 0 Å². The fourth-order valence-electron chi connectivity index (χ4n) is 1.65. The minimum atomic E-state index is -0.474. The predicted molar refractivity (Wildman–Crippen MR) is 71.9 cm³/mol. The summed E-state index contributed by atoms with van der Waals surface area (Å²) in [5.41, 5.74) is 1.14. The van der Waals surface area contributed by atoms with Crippen LogP contribution < -0.4 is 10.1 Å². The van der Waals surface area contributed by atoms with Crippen LogP contribution in [0.3, 0.4) is 0 Å². The van der Waals surface area contributed by atoms with Crippen LogP contribution in [0, 0.1) is 0 Å². The highest BCUT2D eigenvalue weighted by molar-refractivity contribution is 5.30. The van der Waals surface area contributed by atoms with Crippen LogP contribution in [0.5, 0.6) is 5.75 Å². The third-order valence-corrected chi connectivity index (χ3v) is 2.77. The van der Waals surface area contributed by atoms with Gasteiger partial charge in [0.25, 0.3) is 0 Å². The SMILES string of the molecule is CCOCC(O)CN[C@@H](C)c1cccc(OC)c1. The summed E-state index contributed by atoms with van der Waals surface area (Å²) in [6.07, 6.45) is -0.474. The first-order chi connectivity index (χ1) is 8.67. The summed E-state index contributed by atoms with van der Waals surface area (Å²) in [6.45, 7) is 5.48. The minimum Gasteiger partial charge on any atom is -0.497 e. The molecule has 0 aliphatic rings. The smallest absolute Gasteiger partial charge is 0.119 e. The molecule has 0 amide bonds. The van der Waals surface area contributed by atoms with E-state index in [0.717, 1.165) is 11.3 Å². The van der Waals surface area contributed by atoms with Gasteiger partial charge in [0, 0.05) is 19.2 Å². The number of aliphatic hydroxyl groups is 1. The number of ether oxygens (including phenoxy) is 2. The average molecular weight is 253 g/mol. The number of aliphatic hydroxyl groups excluding tert-OH is 1. The van der Waals surface area contributed by atoms with Crippen LogP contribution in [0.2, 0.25) is 0 Å². The molecule has 0 spiro atoms. The van der Waals surface area contributed by atoms with Gasteiger partial charge in [0.15, 0.2) is 0 Å². The Hall–Kier alpha value is -1.10. The van der Waals surface area contributed by atoms with Crippen molar-refractivity contribution in [3.05, 3.63) is 29.8 Å². The zero-order valence-electron chi connectivity index (χ0n) is 11.3. The number of rotatable bonds is 8. The Kier molecular flexibility index (Phi) is 6.72. The fourth-order valence-corrected chi connectivity index (χ4v) is 1.65. The number of nitrogens with one attached hydrogen (secondary N) is 1. The van der Waals surface area contributed by atoms with E-state index in [1.54, 1.807) is 7.11 Å². The van der Waals surface area contributed by atoms with Gasteiger partial charge in [0.1, 0.15) is 5.75 Å². The standard InChI is InChI=1S/C14H23NO3/c1-4-18-10-13(16)9-15-11(2)12-6-5-7-14(8-12)17-3/h5-8,11,13,15-16H,4,9-10H2,1-3H3/t11-,13?/m0/s1. The van der Waals surface area contributed by atoms with Crippen molar-refractivity contribution < 1.29 is 14.6 Å². The molecule has 1 unspecified atom stereocenters. The summed E-state index contributed by atoms with van der Waals surface area (Å²) < 4.78 is 10.3. The quantitative estimate of drug-likeness (QED) is 0.741. The second kappa shape index (κ2) is 8.08. The molecule has 0 saturated heterocycles. The van der Waals surface area contributed by atoms with Crippen LogP contribution in [0.25, 0.3) is 0 Å². The van der Waals surface area contributed by atoms with E-state index in [0.29, 0.717) is 19.8 Å². The number of benzene rings is 1. The lowest BCUT2D eigenvalue weighted by Gasteiger charge is -2.18. The van der Waals surface area contributed by atoms with Crippen molar-refractivity contribution in [1.29, 1.82) is 0 Å². The first kappa shape index (κ1) is 15.0. The monoisotopic (exact) mass is 253 g/mol. The van der Waals surface area contributed by atoms with Crippen molar-refractivity contribution in [2.75, 3.05) is 26.9 Å². The van der Waals surface area contributed by atoms with Gasteiger partial charge in [0.05, 0.1) is 19.8 Å². The van der Waals surface area contributed by atoms with Crippen molar-refractivity contribution >= 4 is 0 Å². The van der Waals surface area contributed by atoms with Gasteiger partial charge in [0.2, 0.25) is 0 Å². The molecule has 1 rings (SSSR count). The highest BCUT2D eigenvalue weighted by atomic mass is 16.5. The molecular weight excluding hydrogens is 230 g/mol. The molecule has 0 radical (unpaired) electrons. The van der Waals surface area contributed by atoms with Crippen LogP contribution in [-0.4, -0.2) is 38.1 Å². The van der Waals surface area contributed by atoms with Crippen LogP contribution in [0.15, 0.2) is 24.3 Å². The first-order valence-corrected chi connectivity index (χ1v) is 6.30. The van der Waals surface area contributed by atoms with Gasteiger partial charge < -0.3 is 19.9 Å². The van der Waals surface area contributed by atoms with Crippen LogP contribution in [0.1, 0.15) is 25.5 Å². The molecule has 0 aliphatic carbocycles. The third kappa shape index (κ3) is 5.04. The Morgan fingerprint density at radius 1 is 1.39 bits per heavy atom. The van der Waals surface area contributed by atoms with E-state index < -0.39 is 6.10 Å². The maximum atomic E-state index is 9.66. The second-order valence-corrected chi connectivity index (χ2v) is 4.22. The Morgan fingerprint density at radius 2 is 2.17 bits per heavy atom. The molecule has 2 N–H and O–H groups in total. The van der Waals surface area contributed by atoms with E-state index >= 15 is 0 Å².